The highest BCUT2D eigenvalue weighted by molar-refractivity contribution is 6.30. The summed E-state index contributed by atoms with van der Waals surface area (Å²) in [6, 6.07) is 22.6. The second-order valence-corrected chi connectivity index (χ2v) is 10.8. The number of carbonyl (C=O) groups excluding carboxylic acids is 2. The zero-order chi connectivity index (χ0) is 26.6. The number of anilines is 1. The molecular formula is C31H33ClFN3O2. The van der Waals surface area contributed by atoms with E-state index in [0.29, 0.717) is 30.2 Å². The van der Waals surface area contributed by atoms with Gasteiger partial charge in [0.2, 0.25) is 11.8 Å². The quantitative estimate of drug-likeness (QED) is 0.423. The van der Waals surface area contributed by atoms with Crippen LogP contribution in [-0.2, 0) is 29.1 Å². The Hall–Kier alpha value is -3.22. The lowest BCUT2D eigenvalue weighted by Gasteiger charge is -2.34. The summed E-state index contributed by atoms with van der Waals surface area (Å²) in [5.41, 5.74) is 3.32. The van der Waals surface area contributed by atoms with E-state index in [2.05, 4.69) is 4.90 Å². The Balaban J connectivity index is 1.50. The number of fused-ring (bicyclic) bond motifs is 3. The molecule has 0 saturated carbocycles. The second-order valence-electron chi connectivity index (χ2n) is 10.3. The van der Waals surface area contributed by atoms with E-state index in [0.717, 1.165) is 42.6 Å². The van der Waals surface area contributed by atoms with Gasteiger partial charge in [-0.15, -0.1) is 0 Å². The van der Waals surface area contributed by atoms with Crippen LogP contribution in [0.2, 0.25) is 5.02 Å². The highest BCUT2D eigenvalue weighted by atomic mass is 35.5. The lowest BCUT2D eigenvalue weighted by Crippen LogP contribution is -2.45. The van der Waals surface area contributed by atoms with Gasteiger partial charge in [0.25, 0.3) is 0 Å². The fourth-order valence-corrected chi connectivity index (χ4v) is 5.97. The van der Waals surface area contributed by atoms with E-state index in [9.17, 15) is 14.0 Å². The topological polar surface area (TPSA) is 43.9 Å². The predicted molar refractivity (Wildman–Crippen MR) is 148 cm³/mol. The summed E-state index contributed by atoms with van der Waals surface area (Å²) in [4.78, 5) is 32.7. The number of hydrogen-bond acceptors (Lipinski definition) is 3. The molecule has 1 fully saturated rings. The SMILES string of the molecule is CC(=O)N1CC[C@H]2CC[C@@H](CN(C(=O)Cc3ccccc3F)Cc3ccccc31)N2Cc1ccc(Cl)cc1. The van der Waals surface area contributed by atoms with Crippen LogP contribution >= 0.6 is 11.6 Å². The molecule has 0 aromatic heterocycles. The molecule has 2 amide bonds. The third-order valence-corrected chi connectivity index (χ3v) is 8.09. The first-order valence-electron chi connectivity index (χ1n) is 13.3. The molecule has 198 valence electrons. The molecule has 2 atom stereocenters. The molecule has 5 rings (SSSR count). The fraction of sp³-hybridized carbons (Fsp3) is 0.355. The number of para-hydroxylation sites is 1. The number of carbonyl (C=O) groups is 2. The van der Waals surface area contributed by atoms with Gasteiger partial charge in [0.15, 0.2) is 0 Å². The van der Waals surface area contributed by atoms with Crippen LogP contribution in [-0.4, -0.2) is 46.8 Å². The van der Waals surface area contributed by atoms with Gasteiger partial charge in [0.1, 0.15) is 5.82 Å². The van der Waals surface area contributed by atoms with E-state index in [1.165, 1.54) is 6.07 Å². The summed E-state index contributed by atoms with van der Waals surface area (Å²) < 4.78 is 14.5. The van der Waals surface area contributed by atoms with E-state index in [1.807, 2.05) is 58.3 Å². The molecule has 5 nitrogen and oxygen atoms in total. The minimum absolute atomic E-state index is 0.00139. The van der Waals surface area contributed by atoms with Crippen molar-refractivity contribution in [3.05, 3.63) is 100 Å². The largest absolute Gasteiger partial charge is 0.336 e. The molecule has 2 aliphatic rings. The van der Waals surface area contributed by atoms with Crippen LogP contribution in [0.3, 0.4) is 0 Å². The number of rotatable bonds is 4. The van der Waals surface area contributed by atoms with Crippen LogP contribution in [0.1, 0.15) is 42.9 Å². The van der Waals surface area contributed by atoms with Crippen molar-refractivity contribution < 1.29 is 14.0 Å². The van der Waals surface area contributed by atoms with Crippen molar-refractivity contribution in [2.24, 2.45) is 0 Å². The lowest BCUT2D eigenvalue weighted by molar-refractivity contribution is -0.132. The first kappa shape index (κ1) is 26.4. The minimum atomic E-state index is -0.368. The number of amides is 2. The molecule has 2 aliphatic heterocycles. The van der Waals surface area contributed by atoms with E-state index in [1.54, 1.807) is 25.1 Å². The van der Waals surface area contributed by atoms with Crippen LogP contribution in [0.4, 0.5) is 10.1 Å². The maximum absolute atomic E-state index is 14.5. The smallest absolute Gasteiger partial charge is 0.227 e. The third kappa shape index (κ3) is 5.92. The van der Waals surface area contributed by atoms with Gasteiger partial charge in [-0.1, -0.05) is 60.1 Å². The molecule has 3 aromatic carbocycles. The Labute approximate surface area is 228 Å². The number of hydrogen-bond donors (Lipinski definition) is 0. The molecule has 0 spiro atoms. The van der Waals surface area contributed by atoms with Gasteiger partial charge in [-0.05, 0) is 60.2 Å². The van der Waals surface area contributed by atoms with Gasteiger partial charge in [-0.3, -0.25) is 14.5 Å². The van der Waals surface area contributed by atoms with Crippen LogP contribution in [0, 0.1) is 5.82 Å². The van der Waals surface area contributed by atoms with Crippen LogP contribution in [0.25, 0.3) is 0 Å². The Morgan fingerprint density at radius 2 is 1.63 bits per heavy atom. The van der Waals surface area contributed by atoms with Crippen LogP contribution in [0.5, 0.6) is 0 Å². The van der Waals surface area contributed by atoms with E-state index >= 15 is 0 Å². The summed E-state index contributed by atoms with van der Waals surface area (Å²) in [6.07, 6.45) is 2.81. The molecular weight excluding hydrogens is 501 g/mol. The summed E-state index contributed by atoms with van der Waals surface area (Å²) in [5, 5.41) is 0.703. The van der Waals surface area contributed by atoms with Crippen molar-refractivity contribution in [2.45, 2.75) is 57.8 Å². The maximum atomic E-state index is 14.5. The average molecular weight is 534 g/mol. The lowest BCUT2D eigenvalue weighted by atomic mass is 10.1. The molecule has 1 saturated heterocycles. The van der Waals surface area contributed by atoms with Crippen LogP contribution < -0.4 is 4.90 Å². The van der Waals surface area contributed by atoms with E-state index in [4.69, 9.17) is 11.6 Å². The zero-order valence-electron chi connectivity index (χ0n) is 21.7. The van der Waals surface area contributed by atoms with Gasteiger partial charge >= 0.3 is 0 Å². The molecule has 3 aromatic rings. The van der Waals surface area contributed by atoms with Crippen molar-refractivity contribution in [3.63, 3.8) is 0 Å². The summed E-state index contributed by atoms with van der Waals surface area (Å²) >= 11 is 6.13. The molecule has 0 N–H and O–H groups in total. The predicted octanol–water partition coefficient (Wildman–Crippen LogP) is 5.84. The van der Waals surface area contributed by atoms with Gasteiger partial charge in [-0.2, -0.15) is 0 Å². The third-order valence-electron chi connectivity index (χ3n) is 7.84. The standard InChI is InChI=1S/C31H33ClFN3O2/c1-22(37)35-17-16-27-14-15-28(36(27)19-23-10-12-26(32)13-11-23)21-34(20-25-7-3-5-9-30(25)35)31(38)18-24-6-2-4-8-29(24)33/h2-13,27-28H,14-21H2,1H3/t27-,28+/m1/s1. The second kappa shape index (κ2) is 11.7. The van der Waals surface area contributed by atoms with Crippen molar-refractivity contribution in [2.75, 3.05) is 18.0 Å². The summed E-state index contributed by atoms with van der Waals surface area (Å²) in [6.45, 7) is 3.87. The van der Waals surface area contributed by atoms with Gasteiger partial charge in [-0.25, -0.2) is 4.39 Å². The monoisotopic (exact) mass is 533 g/mol. The molecule has 38 heavy (non-hydrogen) atoms. The maximum Gasteiger partial charge on any atom is 0.227 e. The van der Waals surface area contributed by atoms with Gasteiger partial charge in [0, 0.05) is 55.9 Å². The van der Waals surface area contributed by atoms with Crippen molar-refractivity contribution in [3.8, 4) is 0 Å². The van der Waals surface area contributed by atoms with E-state index in [-0.39, 0.29) is 36.1 Å². The fourth-order valence-electron chi connectivity index (χ4n) is 5.84. The van der Waals surface area contributed by atoms with Gasteiger partial charge in [0.05, 0.1) is 6.42 Å². The van der Waals surface area contributed by atoms with Crippen molar-refractivity contribution >= 4 is 29.1 Å². The molecule has 0 radical (unpaired) electrons. The van der Waals surface area contributed by atoms with Crippen LogP contribution in [0.15, 0.2) is 72.8 Å². The highest BCUT2D eigenvalue weighted by Gasteiger charge is 2.36. The molecule has 2 heterocycles. The molecule has 2 bridgehead atoms. The number of nitrogens with zero attached hydrogens (tertiary/aromatic N) is 3. The Kier molecular flexibility index (Phi) is 8.10. The normalized spacial score (nSPS) is 20.1. The first-order chi connectivity index (χ1) is 18.4. The first-order valence-corrected chi connectivity index (χ1v) is 13.6. The Bertz CT molecular complexity index is 1300. The van der Waals surface area contributed by atoms with Crippen molar-refractivity contribution in [1.29, 1.82) is 0 Å². The minimum Gasteiger partial charge on any atom is -0.336 e. The molecule has 7 heteroatoms. The number of halogens is 2. The average Bonchev–Trinajstić information content (AvgIpc) is 3.26. The molecule has 0 unspecified atom stereocenters. The van der Waals surface area contributed by atoms with Crippen molar-refractivity contribution in [1.82, 2.24) is 9.80 Å². The summed E-state index contributed by atoms with van der Waals surface area (Å²) in [5.74, 6) is -0.500. The zero-order valence-corrected chi connectivity index (χ0v) is 22.4. The summed E-state index contributed by atoms with van der Waals surface area (Å²) in [7, 11) is 0. The van der Waals surface area contributed by atoms with Gasteiger partial charge < -0.3 is 9.80 Å². The number of benzene rings is 3. The highest BCUT2D eigenvalue weighted by Crippen LogP contribution is 2.33. The molecule has 0 aliphatic carbocycles. The van der Waals surface area contributed by atoms with E-state index < -0.39 is 0 Å². The Morgan fingerprint density at radius 3 is 2.39 bits per heavy atom. The Morgan fingerprint density at radius 1 is 0.921 bits per heavy atom.